The van der Waals surface area contributed by atoms with Crippen molar-refractivity contribution in [2.45, 2.75) is 50.5 Å². The van der Waals surface area contributed by atoms with Gasteiger partial charge in [0.15, 0.2) is 9.84 Å². The highest BCUT2D eigenvalue weighted by atomic mass is 32.2. The molecule has 0 aliphatic carbocycles. The molecule has 1 aromatic rings. The van der Waals surface area contributed by atoms with Crippen LogP contribution in [0, 0.1) is 0 Å². The Morgan fingerprint density at radius 3 is 2.32 bits per heavy atom. The van der Waals surface area contributed by atoms with E-state index in [1.165, 1.54) is 12.1 Å². The minimum atomic E-state index is -3.44. The molecule has 0 atom stereocenters. The van der Waals surface area contributed by atoms with E-state index in [0.717, 1.165) is 12.8 Å². The average Bonchev–Trinajstić information content (AvgIpc) is 2.52. The first-order valence-electron chi connectivity index (χ1n) is 7.68. The molecular weight excluding hydrogens is 300 g/mol. The molecule has 5 nitrogen and oxygen atoms in total. The highest BCUT2D eigenvalue weighted by Crippen LogP contribution is 2.18. The molecule has 0 spiro atoms. The van der Waals surface area contributed by atoms with Crippen LogP contribution >= 0.6 is 0 Å². The molecule has 0 saturated heterocycles. The molecule has 0 bridgehead atoms. The summed E-state index contributed by atoms with van der Waals surface area (Å²) in [4.78, 5) is 12.5. The number of benzene rings is 1. The summed E-state index contributed by atoms with van der Waals surface area (Å²) in [6.07, 6.45) is 1.98. The van der Waals surface area contributed by atoms with E-state index in [1.807, 2.05) is 13.8 Å². The molecule has 0 fully saturated rings. The Hall–Kier alpha value is -1.40. The van der Waals surface area contributed by atoms with Gasteiger partial charge < -0.3 is 11.1 Å². The molecule has 3 N–H and O–H groups in total. The molecule has 1 aromatic carbocycles. The Morgan fingerprint density at radius 1 is 1.18 bits per heavy atom. The second-order valence-corrected chi connectivity index (χ2v) is 7.64. The number of nitrogens with one attached hydrogen (secondary N) is 1. The van der Waals surface area contributed by atoms with Crippen LogP contribution in [0.2, 0.25) is 0 Å². The summed E-state index contributed by atoms with van der Waals surface area (Å²) in [7, 11) is -3.44. The molecule has 1 rings (SSSR count). The van der Waals surface area contributed by atoms with Crippen molar-refractivity contribution < 1.29 is 13.2 Å². The van der Waals surface area contributed by atoms with Crippen LogP contribution < -0.4 is 11.1 Å². The fraction of sp³-hybridized carbons (Fsp3) is 0.562. The highest BCUT2D eigenvalue weighted by Gasteiger charge is 2.24. The van der Waals surface area contributed by atoms with Crippen molar-refractivity contribution in [2.24, 2.45) is 5.73 Å². The monoisotopic (exact) mass is 326 g/mol. The first-order valence-corrected chi connectivity index (χ1v) is 9.33. The Labute approximate surface area is 133 Å². The van der Waals surface area contributed by atoms with Gasteiger partial charge in [-0.25, -0.2) is 8.42 Å². The minimum Gasteiger partial charge on any atom is -0.350 e. The van der Waals surface area contributed by atoms with Crippen molar-refractivity contribution in [2.75, 3.05) is 12.3 Å². The topological polar surface area (TPSA) is 89.3 Å². The van der Waals surface area contributed by atoms with Gasteiger partial charge in [-0.15, -0.1) is 0 Å². The summed E-state index contributed by atoms with van der Waals surface area (Å²) < 4.78 is 24.5. The molecule has 0 unspecified atom stereocenters. The van der Waals surface area contributed by atoms with E-state index in [0.29, 0.717) is 13.0 Å². The molecule has 0 saturated carbocycles. The van der Waals surface area contributed by atoms with Crippen molar-refractivity contribution in [3.63, 3.8) is 0 Å². The summed E-state index contributed by atoms with van der Waals surface area (Å²) in [6.45, 7) is 6.05. The number of amides is 1. The van der Waals surface area contributed by atoms with E-state index in [2.05, 4.69) is 5.32 Å². The van der Waals surface area contributed by atoms with Gasteiger partial charge >= 0.3 is 0 Å². The minimum absolute atomic E-state index is 0.0298. The van der Waals surface area contributed by atoms with Gasteiger partial charge in [0.05, 0.1) is 16.2 Å². The van der Waals surface area contributed by atoms with Crippen LogP contribution in [-0.2, 0) is 9.84 Å². The summed E-state index contributed by atoms with van der Waals surface area (Å²) >= 11 is 0. The number of hydrogen-bond acceptors (Lipinski definition) is 4. The third kappa shape index (κ3) is 4.55. The van der Waals surface area contributed by atoms with Crippen LogP contribution in [0.15, 0.2) is 29.2 Å². The molecule has 6 heteroatoms. The van der Waals surface area contributed by atoms with Gasteiger partial charge in [0.25, 0.3) is 5.91 Å². The van der Waals surface area contributed by atoms with Crippen molar-refractivity contribution in [1.82, 2.24) is 5.32 Å². The van der Waals surface area contributed by atoms with Crippen LogP contribution in [0.1, 0.15) is 50.4 Å². The van der Waals surface area contributed by atoms with Crippen molar-refractivity contribution in [3.8, 4) is 0 Å². The van der Waals surface area contributed by atoms with Crippen molar-refractivity contribution >= 4 is 15.7 Å². The summed E-state index contributed by atoms with van der Waals surface area (Å²) in [5, 5.41) is 2.77. The number of carbonyl (C=O) groups is 1. The molecule has 0 aliphatic heterocycles. The van der Waals surface area contributed by atoms with Crippen LogP contribution in [0.25, 0.3) is 0 Å². The lowest BCUT2D eigenvalue weighted by Gasteiger charge is -2.27. The summed E-state index contributed by atoms with van der Waals surface area (Å²) in [5.74, 6) is -0.366. The van der Waals surface area contributed by atoms with Gasteiger partial charge in [0.1, 0.15) is 0 Å². The number of carbonyl (C=O) groups excluding carboxylic acids is 1. The zero-order valence-corrected chi connectivity index (χ0v) is 14.4. The second kappa shape index (κ2) is 7.74. The van der Waals surface area contributed by atoms with E-state index >= 15 is 0 Å². The maximum atomic E-state index is 12.4. The maximum Gasteiger partial charge on any atom is 0.252 e. The summed E-state index contributed by atoms with van der Waals surface area (Å²) in [5.41, 5.74) is 5.88. The standard InChI is InChI=1S/C16H26N2O3S/c1-4-11-22(20,21)14-10-8-7-9-13(14)15(19)18-12-16(17,5-2)6-3/h7-10H,4-6,11-12,17H2,1-3H3,(H,18,19). The van der Waals surface area contributed by atoms with Crippen LogP contribution in [-0.4, -0.2) is 32.2 Å². The normalized spacial score (nSPS) is 12.2. The van der Waals surface area contributed by atoms with Crippen LogP contribution in [0.4, 0.5) is 0 Å². The summed E-state index contributed by atoms with van der Waals surface area (Å²) in [6, 6.07) is 6.31. The highest BCUT2D eigenvalue weighted by molar-refractivity contribution is 7.91. The smallest absolute Gasteiger partial charge is 0.252 e. The molecular formula is C16H26N2O3S. The maximum absolute atomic E-state index is 12.4. The molecule has 22 heavy (non-hydrogen) atoms. The van der Waals surface area contributed by atoms with E-state index < -0.39 is 21.3 Å². The van der Waals surface area contributed by atoms with Gasteiger partial charge in [-0.3, -0.25) is 4.79 Å². The first kappa shape index (κ1) is 18.6. The quantitative estimate of drug-likeness (QED) is 0.766. The Kier molecular flexibility index (Phi) is 6.56. The SMILES string of the molecule is CCCS(=O)(=O)c1ccccc1C(=O)NCC(N)(CC)CC. The van der Waals surface area contributed by atoms with E-state index in [1.54, 1.807) is 19.1 Å². The zero-order chi connectivity index (χ0) is 16.8. The number of rotatable bonds is 8. The van der Waals surface area contributed by atoms with Gasteiger partial charge in [0, 0.05) is 12.1 Å². The third-order valence-corrected chi connectivity index (χ3v) is 5.92. The lowest BCUT2D eigenvalue weighted by atomic mass is 9.94. The van der Waals surface area contributed by atoms with Crippen LogP contribution in [0.5, 0.6) is 0 Å². The Balaban J connectivity index is 3.01. The molecule has 0 aliphatic rings. The average molecular weight is 326 g/mol. The van der Waals surface area contributed by atoms with Crippen LogP contribution in [0.3, 0.4) is 0 Å². The second-order valence-electron chi connectivity index (χ2n) is 5.57. The molecule has 0 radical (unpaired) electrons. The third-order valence-electron chi connectivity index (χ3n) is 3.95. The predicted octanol–water partition coefficient (Wildman–Crippen LogP) is 2.12. The Bertz CT molecular complexity index is 608. The predicted molar refractivity (Wildman–Crippen MR) is 88.6 cm³/mol. The molecule has 0 aromatic heterocycles. The van der Waals surface area contributed by atoms with Gasteiger partial charge in [-0.2, -0.15) is 0 Å². The number of nitrogens with two attached hydrogens (primary N) is 1. The van der Waals surface area contributed by atoms with Gasteiger partial charge in [0.2, 0.25) is 0 Å². The Morgan fingerprint density at radius 2 is 1.77 bits per heavy atom. The van der Waals surface area contributed by atoms with Crippen molar-refractivity contribution in [3.05, 3.63) is 29.8 Å². The molecule has 1 amide bonds. The number of sulfone groups is 1. The first-order chi connectivity index (χ1) is 10.3. The fourth-order valence-corrected chi connectivity index (χ4v) is 3.69. The van der Waals surface area contributed by atoms with Gasteiger partial charge in [-0.1, -0.05) is 32.9 Å². The van der Waals surface area contributed by atoms with Gasteiger partial charge in [-0.05, 0) is 31.4 Å². The van der Waals surface area contributed by atoms with E-state index in [-0.39, 0.29) is 16.2 Å². The van der Waals surface area contributed by atoms with Crippen molar-refractivity contribution in [1.29, 1.82) is 0 Å². The zero-order valence-electron chi connectivity index (χ0n) is 13.6. The largest absolute Gasteiger partial charge is 0.350 e. The molecule has 124 valence electrons. The lowest BCUT2D eigenvalue weighted by molar-refractivity contribution is 0.0939. The van der Waals surface area contributed by atoms with E-state index in [4.69, 9.17) is 5.73 Å². The number of hydrogen-bond donors (Lipinski definition) is 2. The lowest BCUT2D eigenvalue weighted by Crippen LogP contribution is -2.49. The molecule has 0 heterocycles. The van der Waals surface area contributed by atoms with E-state index in [9.17, 15) is 13.2 Å². The fourth-order valence-electron chi connectivity index (χ4n) is 2.16.